The average Bonchev–Trinajstić information content (AvgIpc) is 2.74. The highest BCUT2D eigenvalue weighted by Crippen LogP contribution is 2.26. The highest BCUT2D eigenvalue weighted by atomic mass is 32.2. The summed E-state index contributed by atoms with van der Waals surface area (Å²) >= 11 is 2.54. The zero-order chi connectivity index (χ0) is 15.8. The molecule has 0 aromatic carbocycles. The van der Waals surface area contributed by atoms with Gasteiger partial charge in [-0.05, 0) is 14.1 Å². The summed E-state index contributed by atoms with van der Waals surface area (Å²) in [6, 6.07) is 0. The fourth-order valence-electron chi connectivity index (χ4n) is 1.17. The second-order valence-electron chi connectivity index (χ2n) is 3.94. The molecule has 8 nitrogen and oxygen atoms in total. The van der Waals surface area contributed by atoms with Crippen LogP contribution in [-0.4, -0.2) is 64.0 Å². The number of methoxy groups -OCH3 is 1. The summed E-state index contributed by atoms with van der Waals surface area (Å²) in [7, 11) is 5.06. The van der Waals surface area contributed by atoms with Crippen molar-refractivity contribution < 1.29 is 24.2 Å². The Balaban J connectivity index is 2.53. The van der Waals surface area contributed by atoms with Crippen molar-refractivity contribution >= 4 is 45.5 Å². The van der Waals surface area contributed by atoms with Crippen LogP contribution in [-0.2, 0) is 16.1 Å². The van der Waals surface area contributed by atoms with Gasteiger partial charge < -0.3 is 19.5 Å². The molecule has 0 saturated carbocycles. The van der Waals surface area contributed by atoms with E-state index in [1.165, 1.54) is 18.4 Å². The largest absolute Gasteiger partial charge is 0.473 e. The van der Waals surface area contributed by atoms with Gasteiger partial charge in [-0.1, -0.05) is 11.3 Å². The summed E-state index contributed by atoms with van der Waals surface area (Å²) in [4.78, 5) is 24.2. The van der Waals surface area contributed by atoms with Gasteiger partial charge in [-0.15, -0.1) is 10.2 Å². The van der Waals surface area contributed by atoms with Gasteiger partial charge >= 0.3 is 10.6 Å². The Kier molecular flexibility index (Phi) is 7.96. The van der Waals surface area contributed by atoms with Crippen molar-refractivity contribution in [3.8, 4) is 0 Å². The molecule has 1 N–H and O–H groups in total. The van der Waals surface area contributed by atoms with Crippen LogP contribution in [0, 0.1) is 0 Å². The first-order chi connectivity index (χ1) is 9.90. The van der Waals surface area contributed by atoms with Crippen molar-refractivity contribution in [3.05, 3.63) is 5.01 Å². The lowest BCUT2D eigenvalue weighted by Gasteiger charge is -2.18. The summed E-state index contributed by atoms with van der Waals surface area (Å²) in [6.45, 7) is 0.625. The van der Waals surface area contributed by atoms with E-state index in [2.05, 4.69) is 10.2 Å². The minimum Gasteiger partial charge on any atom is -0.473 e. The Labute approximate surface area is 134 Å². The number of hydrogen-bond donors (Lipinski definition) is 1. The van der Waals surface area contributed by atoms with E-state index >= 15 is 0 Å². The molecule has 0 aliphatic heterocycles. The van der Waals surface area contributed by atoms with Crippen molar-refractivity contribution in [2.75, 3.05) is 27.7 Å². The Morgan fingerprint density at radius 3 is 2.71 bits per heavy atom. The molecule has 1 atom stereocenters. The molecule has 1 rings (SSSR count). The number of thioether (sulfide) groups is 2. The number of carbonyl (C=O) groups excluding carboxylic acids is 1. The van der Waals surface area contributed by atoms with Gasteiger partial charge in [-0.25, -0.2) is 9.59 Å². The van der Waals surface area contributed by atoms with Crippen LogP contribution in [0.3, 0.4) is 0 Å². The monoisotopic (exact) mass is 353 g/mol. The maximum atomic E-state index is 11.8. The normalized spacial score (nSPS) is 12.4. The second-order valence-corrected chi connectivity index (χ2v) is 7.30. The van der Waals surface area contributed by atoms with E-state index in [0.29, 0.717) is 34.3 Å². The highest BCUT2D eigenvalue weighted by Gasteiger charge is 2.21. The number of rotatable bonds is 7. The molecule has 1 heterocycles. The van der Waals surface area contributed by atoms with Gasteiger partial charge in [0.15, 0.2) is 9.78 Å². The fraction of sp³-hybridized carbons (Fsp3) is 0.600. The lowest BCUT2D eigenvalue weighted by Crippen LogP contribution is -2.28. The minimum atomic E-state index is -1.10. The number of nitrogens with zero attached hydrogens (tertiary/aromatic N) is 3. The molecule has 21 heavy (non-hydrogen) atoms. The third-order valence-electron chi connectivity index (χ3n) is 1.86. The van der Waals surface area contributed by atoms with Gasteiger partial charge in [0, 0.05) is 37.2 Å². The van der Waals surface area contributed by atoms with Crippen LogP contribution in [0.2, 0.25) is 0 Å². The number of carboxylic acid groups (broad SMARTS) is 1. The molecule has 0 fully saturated rings. The van der Waals surface area contributed by atoms with Gasteiger partial charge in [0.25, 0.3) is 0 Å². The van der Waals surface area contributed by atoms with Crippen LogP contribution in [0.1, 0.15) is 5.01 Å². The zero-order valence-electron chi connectivity index (χ0n) is 11.6. The molecule has 11 heteroatoms. The van der Waals surface area contributed by atoms with Crippen LogP contribution in [0.5, 0.6) is 0 Å². The van der Waals surface area contributed by atoms with E-state index in [9.17, 15) is 9.59 Å². The standard InChI is InChI=1S/C10H15N3O5S3/c1-13(2)4-7(20-9(14)15)18-10(16)21-8-12-11-6(19-8)5-17-3/h7H,4-5H2,1-3H3,(H,14,15). The number of likely N-dealkylation sites (N-methyl/N-ethyl adjacent to an activating group) is 1. The lowest BCUT2D eigenvalue weighted by molar-refractivity contribution is 0.148. The molecule has 0 aliphatic carbocycles. The third kappa shape index (κ3) is 7.62. The summed E-state index contributed by atoms with van der Waals surface area (Å²) in [5, 5.41) is 15.4. The maximum absolute atomic E-state index is 11.8. The lowest BCUT2D eigenvalue weighted by atomic mass is 10.6. The van der Waals surface area contributed by atoms with Crippen LogP contribution < -0.4 is 0 Å². The molecule has 0 bridgehead atoms. The fourth-order valence-corrected chi connectivity index (χ4v) is 3.56. The first-order valence-corrected chi connectivity index (χ1v) is 8.16. The highest BCUT2D eigenvalue weighted by molar-refractivity contribution is 8.15. The Morgan fingerprint density at radius 2 is 2.14 bits per heavy atom. The molecule has 1 aromatic rings. The number of hydrogen-bond acceptors (Lipinski definition) is 10. The quantitative estimate of drug-likeness (QED) is 0.446. The number of ether oxygens (including phenoxy) is 2. The van der Waals surface area contributed by atoms with Crippen LogP contribution in [0.4, 0.5) is 9.59 Å². The van der Waals surface area contributed by atoms with Crippen molar-refractivity contribution in [2.45, 2.75) is 16.4 Å². The van der Waals surface area contributed by atoms with Crippen LogP contribution in [0.25, 0.3) is 0 Å². The van der Waals surface area contributed by atoms with Gasteiger partial charge in [0.2, 0.25) is 0 Å². The van der Waals surface area contributed by atoms with Gasteiger partial charge in [0.1, 0.15) is 5.01 Å². The summed E-state index contributed by atoms with van der Waals surface area (Å²) in [5.74, 6) is 0. The number of carbonyl (C=O) groups is 2. The van der Waals surface area contributed by atoms with Crippen molar-refractivity contribution in [1.82, 2.24) is 15.1 Å². The summed E-state index contributed by atoms with van der Waals surface area (Å²) < 4.78 is 10.5. The third-order valence-corrected chi connectivity index (χ3v) is 4.28. The molecule has 0 saturated heterocycles. The Morgan fingerprint density at radius 1 is 1.43 bits per heavy atom. The van der Waals surface area contributed by atoms with Crippen molar-refractivity contribution in [2.24, 2.45) is 0 Å². The van der Waals surface area contributed by atoms with Crippen molar-refractivity contribution in [3.63, 3.8) is 0 Å². The summed E-state index contributed by atoms with van der Waals surface area (Å²) in [5.41, 5.74) is -0.788. The molecule has 0 amide bonds. The average molecular weight is 353 g/mol. The van der Waals surface area contributed by atoms with Gasteiger partial charge in [-0.3, -0.25) is 0 Å². The molecular weight excluding hydrogens is 338 g/mol. The molecular formula is C10H15N3O5S3. The van der Waals surface area contributed by atoms with E-state index in [1.807, 2.05) is 0 Å². The van der Waals surface area contributed by atoms with E-state index in [-0.39, 0.29) is 0 Å². The van der Waals surface area contributed by atoms with E-state index in [0.717, 1.165) is 11.8 Å². The topological polar surface area (TPSA) is 102 Å². The Bertz CT molecular complexity index is 482. The van der Waals surface area contributed by atoms with Gasteiger partial charge in [-0.2, -0.15) is 0 Å². The SMILES string of the molecule is COCc1nnc(SC(=O)OC(CN(C)C)SC(=O)O)s1. The predicted molar refractivity (Wildman–Crippen MR) is 80.9 cm³/mol. The summed E-state index contributed by atoms with van der Waals surface area (Å²) in [6.07, 6.45) is 0. The minimum absolute atomic E-state index is 0.300. The van der Waals surface area contributed by atoms with E-state index in [4.69, 9.17) is 14.6 Å². The second kappa shape index (κ2) is 9.20. The van der Waals surface area contributed by atoms with Gasteiger partial charge in [0.05, 0.1) is 6.61 Å². The maximum Gasteiger partial charge on any atom is 0.375 e. The molecule has 1 aromatic heterocycles. The molecule has 0 spiro atoms. The van der Waals surface area contributed by atoms with Crippen LogP contribution in [0.15, 0.2) is 4.34 Å². The Hall–Kier alpha value is -0.880. The first kappa shape index (κ1) is 18.2. The molecule has 0 radical (unpaired) electrons. The van der Waals surface area contributed by atoms with Crippen molar-refractivity contribution in [1.29, 1.82) is 0 Å². The van der Waals surface area contributed by atoms with Crippen LogP contribution >= 0.6 is 34.9 Å². The van der Waals surface area contributed by atoms with E-state index in [1.54, 1.807) is 19.0 Å². The molecule has 118 valence electrons. The predicted octanol–water partition coefficient (Wildman–Crippen LogP) is 2.21. The zero-order valence-corrected chi connectivity index (χ0v) is 14.1. The first-order valence-electron chi connectivity index (χ1n) is 5.64. The molecule has 1 unspecified atom stereocenters. The molecule has 0 aliphatic rings. The van der Waals surface area contributed by atoms with E-state index < -0.39 is 16.0 Å². The smallest absolute Gasteiger partial charge is 0.375 e. The number of aromatic nitrogens is 2.